The minimum atomic E-state index is -1.03. The number of rotatable bonds is 11. The molecular formula is C28H34N4O6S. The normalized spacial score (nSPS) is 14.4. The van der Waals surface area contributed by atoms with Crippen molar-refractivity contribution in [2.45, 2.75) is 58.0 Å². The van der Waals surface area contributed by atoms with Crippen LogP contribution in [0, 0.1) is 13.8 Å². The minimum Gasteiger partial charge on any atom is -0.497 e. The van der Waals surface area contributed by atoms with Crippen molar-refractivity contribution < 1.29 is 28.1 Å². The van der Waals surface area contributed by atoms with E-state index >= 15 is 0 Å². The highest BCUT2D eigenvalue weighted by molar-refractivity contribution is 8.00. The molecule has 1 aliphatic carbocycles. The van der Waals surface area contributed by atoms with E-state index in [1.54, 1.807) is 63.4 Å². The molecule has 2 aromatic heterocycles. The predicted octanol–water partition coefficient (Wildman–Crippen LogP) is 4.79. The number of ether oxygens (including phenoxy) is 1. The van der Waals surface area contributed by atoms with Crippen molar-refractivity contribution in [3.8, 4) is 5.75 Å². The highest BCUT2D eigenvalue weighted by Gasteiger charge is 2.36. The fourth-order valence-electron chi connectivity index (χ4n) is 4.60. The number of methoxy groups -OCH3 is 1. The van der Waals surface area contributed by atoms with Crippen LogP contribution in [0.4, 0.5) is 11.5 Å². The number of anilines is 2. The Labute approximate surface area is 231 Å². The van der Waals surface area contributed by atoms with E-state index in [1.165, 1.54) is 4.90 Å². The van der Waals surface area contributed by atoms with Crippen molar-refractivity contribution >= 4 is 41.0 Å². The lowest BCUT2D eigenvalue weighted by molar-refractivity contribution is -0.127. The third-order valence-corrected chi connectivity index (χ3v) is 7.36. The minimum absolute atomic E-state index is 0.0163. The summed E-state index contributed by atoms with van der Waals surface area (Å²) in [4.78, 5) is 41.4. The first-order valence-corrected chi connectivity index (χ1v) is 14.1. The molecule has 1 aromatic carbocycles. The summed E-state index contributed by atoms with van der Waals surface area (Å²) in [5.74, 6) is 1.42. The largest absolute Gasteiger partial charge is 0.497 e. The van der Waals surface area contributed by atoms with Gasteiger partial charge >= 0.3 is 0 Å². The monoisotopic (exact) mass is 554 g/mol. The molecule has 0 radical (unpaired) electrons. The molecule has 3 aromatic rings. The number of carbonyl (C=O) groups excluding carboxylic acids is 3. The lowest BCUT2D eigenvalue weighted by atomic mass is 9.95. The maximum absolute atomic E-state index is 13.8. The summed E-state index contributed by atoms with van der Waals surface area (Å²) in [6, 6.07) is 11.1. The molecule has 0 aliphatic heterocycles. The average Bonchev–Trinajstić information content (AvgIpc) is 3.54. The van der Waals surface area contributed by atoms with E-state index in [0.717, 1.165) is 43.9 Å². The van der Waals surface area contributed by atoms with Crippen LogP contribution in [0.3, 0.4) is 0 Å². The van der Waals surface area contributed by atoms with Crippen molar-refractivity contribution in [1.82, 2.24) is 10.5 Å². The molecule has 2 N–H and O–H groups in total. The zero-order valence-corrected chi connectivity index (χ0v) is 23.2. The number of nitrogens with zero attached hydrogens (tertiary/aromatic N) is 2. The molecule has 0 bridgehead atoms. The Morgan fingerprint density at radius 3 is 2.54 bits per heavy atom. The summed E-state index contributed by atoms with van der Waals surface area (Å²) in [5.41, 5.74) is 0.486. The van der Waals surface area contributed by atoms with Crippen molar-refractivity contribution in [3.63, 3.8) is 0 Å². The van der Waals surface area contributed by atoms with Crippen LogP contribution in [-0.4, -0.2) is 47.5 Å². The highest BCUT2D eigenvalue weighted by Crippen LogP contribution is 2.32. The van der Waals surface area contributed by atoms with Crippen molar-refractivity contribution in [1.29, 1.82) is 0 Å². The first-order chi connectivity index (χ1) is 18.8. The van der Waals surface area contributed by atoms with Crippen LogP contribution in [0.5, 0.6) is 5.75 Å². The van der Waals surface area contributed by atoms with Crippen LogP contribution in [-0.2, 0) is 14.4 Å². The number of aryl methyl sites for hydroxylation is 2. The number of carbonyl (C=O) groups is 3. The number of amides is 3. The molecule has 1 saturated carbocycles. The zero-order chi connectivity index (χ0) is 27.8. The lowest BCUT2D eigenvalue weighted by Crippen LogP contribution is -2.47. The van der Waals surface area contributed by atoms with E-state index < -0.39 is 6.04 Å². The molecule has 1 fully saturated rings. The van der Waals surface area contributed by atoms with Gasteiger partial charge in [-0.05, 0) is 51.0 Å². The Bertz CT molecular complexity index is 1280. The van der Waals surface area contributed by atoms with E-state index in [-0.39, 0.29) is 35.3 Å². The fraction of sp³-hybridized carbons (Fsp3) is 0.429. The molecule has 0 spiro atoms. The average molecular weight is 555 g/mol. The molecule has 2 heterocycles. The Morgan fingerprint density at radius 1 is 1.08 bits per heavy atom. The molecule has 1 atom stereocenters. The van der Waals surface area contributed by atoms with E-state index in [2.05, 4.69) is 15.8 Å². The predicted molar refractivity (Wildman–Crippen MR) is 149 cm³/mol. The Balaban J connectivity index is 1.56. The van der Waals surface area contributed by atoms with Gasteiger partial charge in [-0.15, -0.1) is 11.8 Å². The number of benzene rings is 1. The maximum Gasteiger partial charge on any atom is 0.251 e. The SMILES string of the molecule is COc1cccc(N(C(=O)CSCC(=O)Nc2cc(C)on2)[C@@H](C(=O)NC2CCCCC2)c2ccc(C)o2)c1. The molecule has 3 amide bonds. The number of hydrogen-bond donors (Lipinski definition) is 2. The van der Waals surface area contributed by atoms with Crippen LogP contribution in [0.1, 0.15) is 55.4 Å². The Hall–Kier alpha value is -3.73. The smallest absolute Gasteiger partial charge is 0.251 e. The van der Waals surface area contributed by atoms with Crippen LogP contribution in [0.25, 0.3) is 0 Å². The van der Waals surface area contributed by atoms with Gasteiger partial charge in [-0.25, -0.2) is 0 Å². The van der Waals surface area contributed by atoms with Gasteiger partial charge in [0.25, 0.3) is 5.91 Å². The molecule has 4 rings (SSSR count). The van der Waals surface area contributed by atoms with Crippen LogP contribution in [0.2, 0.25) is 0 Å². The molecule has 39 heavy (non-hydrogen) atoms. The van der Waals surface area contributed by atoms with Crippen molar-refractivity contribution in [2.24, 2.45) is 0 Å². The van der Waals surface area contributed by atoms with Gasteiger partial charge in [-0.1, -0.05) is 30.5 Å². The second-order valence-electron chi connectivity index (χ2n) is 9.52. The summed E-state index contributed by atoms with van der Waals surface area (Å²) < 4.78 is 16.3. The molecule has 0 unspecified atom stereocenters. The lowest BCUT2D eigenvalue weighted by Gasteiger charge is -2.32. The second kappa shape index (κ2) is 13.4. The summed E-state index contributed by atoms with van der Waals surface area (Å²) in [5, 5.41) is 9.55. The van der Waals surface area contributed by atoms with Gasteiger partial charge in [0.2, 0.25) is 11.8 Å². The molecule has 1 aliphatic rings. The second-order valence-corrected chi connectivity index (χ2v) is 10.5. The van der Waals surface area contributed by atoms with Gasteiger partial charge < -0.3 is 24.3 Å². The van der Waals surface area contributed by atoms with Crippen molar-refractivity contribution in [3.05, 3.63) is 59.7 Å². The number of nitrogens with one attached hydrogen (secondary N) is 2. The standard InChI is InChI=1S/C28H34N4O6S/c1-18-12-13-23(37-18)27(28(35)29-20-8-5-4-6-9-20)32(21-10-7-11-22(15-21)36-3)26(34)17-39-16-25(33)30-24-14-19(2)38-31-24/h7,10-15,20,27H,4-6,8-9,16-17H2,1-3H3,(H,29,35)(H,30,31,33)/t27-/m1/s1. The van der Waals surface area contributed by atoms with Gasteiger partial charge in [-0.2, -0.15) is 0 Å². The van der Waals surface area contributed by atoms with Crippen LogP contribution in [0.15, 0.2) is 51.4 Å². The number of thioether (sulfide) groups is 1. The van der Waals surface area contributed by atoms with Crippen LogP contribution >= 0.6 is 11.8 Å². The zero-order valence-electron chi connectivity index (χ0n) is 22.4. The number of hydrogen-bond acceptors (Lipinski definition) is 8. The Kier molecular flexibility index (Phi) is 9.69. The van der Waals surface area contributed by atoms with Gasteiger partial charge in [0.1, 0.15) is 23.0 Å². The van der Waals surface area contributed by atoms with Gasteiger partial charge in [0.05, 0.1) is 18.6 Å². The Morgan fingerprint density at radius 2 is 1.87 bits per heavy atom. The molecule has 208 valence electrons. The quantitative estimate of drug-likeness (QED) is 0.347. The van der Waals surface area contributed by atoms with E-state index in [0.29, 0.717) is 34.5 Å². The van der Waals surface area contributed by atoms with E-state index in [4.69, 9.17) is 13.7 Å². The van der Waals surface area contributed by atoms with E-state index in [9.17, 15) is 14.4 Å². The highest BCUT2D eigenvalue weighted by atomic mass is 32.2. The molecule has 10 nitrogen and oxygen atoms in total. The third kappa shape index (κ3) is 7.66. The molecule has 11 heteroatoms. The first-order valence-electron chi connectivity index (χ1n) is 13.0. The molecular weight excluding hydrogens is 520 g/mol. The van der Waals surface area contributed by atoms with Crippen molar-refractivity contribution in [2.75, 3.05) is 28.8 Å². The number of aromatic nitrogens is 1. The van der Waals surface area contributed by atoms with Gasteiger partial charge in [-0.3, -0.25) is 19.3 Å². The number of furan rings is 1. The topological polar surface area (TPSA) is 127 Å². The summed E-state index contributed by atoms with van der Waals surface area (Å²) in [6.45, 7) is 3.52. The van der Waals surface area contributed by atoms with E-state index in [1.807, 2.05) is 0 Å². The summed E-state index contributed by atoms with van der Waals surface area (Å²) in [6.07, 6.45) is 5.07. The van der Waals surface area contributed by atoms with Gasteiger partial charge in [0.15, 0.2) is 11.9 Å². The third-order valence-electron chi connectivity index (χ3n) is 6.44. The van der Waals surface area contributed by atoms with Crippen LogP contribution < -0.4 is 20.3 Å². The summed E-state index contributed by atoms with van der Waals surface area (Å²) >= 11 is 1.14. The summed E-state index contributed by atoms with van der Waals surface area (Å²) in [7, 11) is 1.54. The fourth-order valence-corrected chi connectivity index (χ4v) is 5.28. The maximum atomic E-state index is 13.8. The van der Waals surface area contributed by atoms with Gasteiger partial charge in [0, 0.05) is 23.9 Å². The molecule has 0 saturated heterocycles. The first kappa shape index (κ1) is 28.3.